The number of aromatic nitrogens is 7. The van der Waals surface area contributed by atoms with E-state index in [9.17, 15) is 14.4 Å². The average Bonchev–Trinajstić information content (AvgIpc) is 4.01. The third kappa shape index (κ3) is 7.97. The number of imide groups is 1. The number of hydrogen-bond acceptors (Lipinski definition) is 10. The lowest BCUT2D eigenvalue weighted by molar-refractivity contribution is -0.121. The number of fused-ring (bicyclic) bond motifs is 2. The number of likely N-dealkylation sites (tertiary alicyclic amines) is 1. The molecular weight excluding hydrogens is 766 g/mol. The number of carbonyl (C=O) groups is 3. The molecule has 9 rings (SSSR count). The molecule has 16 heteroatoms. The van der Waals surface area contributed by atoms with Crippen LogP contribution in [-0.4, -0.2) is 82.2 Å². The molecule has 0 spiro atoms. The summed E-state index contributed by atoms with van der Waals surface area (Å²) in [5.41, 5.74) is 7.81. The summed E-state index contributed by atoms with van der Waals surface area (Å²) < 4.78 is 22.3. The van der Waals surface area contributed by atoms with E-state index in [4.69, 9.17) is 9.62 Å². The number of benzene rings is 3. The van der Waals surface area contributed by atoms with E-state index in [1.54, 1.807) is 33.8 Å². The monoisotopic (exact) mass is 809 g/mol. The van der Waals surface area contributed by atoms with Gasteiger partial charge in [-0.2, -0.15) is 15.2 Å². The molecule has 60 heavy (non-hydrogen) atoms. The largest absolute Gasteiger partial charge is 0.345 e. The van der Waals surface area contributed by atoms with Crippen molar-refractivity contribution in [2.24, 2.45) is 0 Å². The van der Waals surface area contributed by atoms with Gasteiger partial charge in [0.1, 0.15) is 5.82 Å². The first-order valence-electron chi connectivity index (χ1n) is 20.1. The number of hydrogen-bond donors (Lipinski definition) is 3. The zero-order chi connectivity index (χ0) is 41.5. The summed E-state index contributed by atoms with van der Waals surface area (Å²) in [5.74, 6) is -0.571. The second-order valence-corrected chi connectivity index (χ2v) is 16.5. The zero-order valence-electron chi connectivity index (χ0n) is 33.5. The molecule has 7 aromatic rings. The third-order valence-corrected chi connectivity index (χ3v) is 11.3. The Bertz CT molecular complexity index is 2740. The van der Waals surface area contributed by atoms with Crippen LogP contribution in [0.15, 0.2) is 83.5 Å². The van der Waals surface area contributed by atoms with Crippen molar-refractivity contribution in [1.29, 1.82) is 0 Å². The molecule has 0 atom stereocenters. The Morgan fingerprint density at radius 3 is 2.50 bits per heavy atom. The highest BCUT2D eigenvalue weighted by Gasteiger charge is 2.27. The Morgan fingerprint density at radius 2 is 1.75 bits per heavy atom. The SMILES string of the molecule is CC(C)(C)c1nc(C(=O)NCc2ccc(-c3ccnc4cc(-c5ccc(CN6CCC(c7ccc8c(CN9CCC(=O)NC9=O)n[nH]c8c7)CC6)cc5)nn34)cc2F)no1. The predicted octanol–water partition coefficient (Wildman–Crippen LogP) is 6.51. The zero-order valence-corrected chi connectivity index (χ0v) is 33.5. The third-order valence-electron chi connectivity index (χ3n) is 11.3. The molecule has 0 bridgehead atoms. The van der Waals surface area contributed by atoms with Crippen LogP contribution in [0.25, 0.3) is 39.1 Å². The van der Waals surface area contributed by atoms with Crippen LogP contribution in [0.5, 0.6) is 0 Å². The summed E-state index contributed by atoms with van der Waals surface area (Å²) in [6.07, 6.45) is 4.07. The van der Waals surface area contributed by atoms with Gasteiger partial charge in [-0.3, -0.25) is 24.9 Å². The molecule has 2 fully saturated rings. The van der Waals surface area contributed by atoms with Gasteiger partial charge in [-0.05, 0) is 61.2 Å². The molecular formula is C44H44FN11O4. The minimum atomic E-state index is -0.548. The normalized spacial score (nSPS) is 15.6. The molecule has 0 radical (unpaired) electrons. The van der Waals surface area contributed by atoms with Crippen LogP contribution in [0, 0.1) is 5.82 Å². The van der Waals surface area contributed by atoms with Gasteiger partial charge in [0.15, 0.2) is 5.65 Å². The Labute approximate surface area is 344 Å². The lowest BCUT2D eigenvalue weighted by Crippen LogP contribution is -2.48. The van der Waals surface area contributed by atoms with Crippen molar-refractivity contribution in [3.05, 3.63) is 119 Å². The Kier molecular flexibility index (Phi) is 10.2. The summed E-state index contributed by atoms with van der Waals surface area (Å²) in [4.78, 5) is 49.2. The second-order valence-electron chi connectivity index (χ2n) is 16.5. The molecule has 2 saturated heterocycles. The topological polar surface area (TPSA) is 180 Å². The fourth-order valence-electron chi connectivity index (χ4n) is 7.84. The number of nitrogens with zero attached hydrogens (tertiary/aromatic N) is 8. The van der Waals surface area contributed by atoms with Gasteiger partial charge in [0.2, 0.25) is 11.8 Å². The lowest BCUT2D eigenvalue weighted by atomic mass is 9.88. The van der Waals surface area contributed by atoms with E-state index in [1.807, 2.05) is 26.8 Å². The van der Waals surface area contributed by atoms with Crippen LogP contribution in [0.1, 0.15) is 84.8 Å². The van der Waals surface area contributed by atoms with E-state index in [0.717, 1.165) is 60.3 Å². The average molecular weight is 810 g/mol. The highest BCUT2D eigenvalue weighted by Crippen LogP contribution is 2.32. The number of rotatable bonds is 10. The van der Waals surface area contributed by atoms with E-state index in [0.29, 0.717) is 53.8 Å². The number of H-pyrrole nitrogens is 1. The van der Waals surface area contributed by atoms with Gasteiger partial charge in [0.05, 0.1) is 29.1 Å². The smallest absolute Gasteiger partial charge is 0.324 e. The molecule has 2 aliphatic rings. The molecule has 0 aliphatic carbocycles. The Morgan fingerprint density at radius 1 is 0.950 bits per heavy atom. The first kappa shape index (κ1) is 38.7. The lowest BCUT2D eigenvalue weighted by Gasteiger charge is -2.32. The van der Waals surface area contributed by atoms with Crippen molar-refractivity contribution in [3.8, 4) is 22.5 Å². The Hall–Kier alpha value is -6.81. The first-order chi connectivity index (χ1) is 28.9. The van der Waals surface area contributed by atoms with Crippen LogP contribution >= 0.6 is 0 Å². The fourth-order valence-corrected chi connectivity index (χ4v) is 7.84. The highest BCUT2D eigenvalue weighted by atomic mass is 19.1. The van der Waals surface area contributed by atoms with Crippen LogP contribution in [-0.2, 0) is 29.8 Å². The highest BCUT2D eigenvalue weighted by molar-refractivity contribution is 5.96. The van der Waals surface area contributed by atoms with Crippen molar-refractivity contribution in [1.82, 2.24) is 55.4 Å². The maximum Gasteiger partial charge on any atom is 0.324 e. The maximum absolute atomic E-state index is 15.4. The first-order valence-corrected chi connectivity index (χ1v) is 20.1. The van der Waals surface area contributed by atoms with Gasteiger partial charge in [0.25, 0.3) is 11.7 Å². The number of carbonyl (C=O) groups excluding carboxylic acids is 3. The number of aromatic amines is 1. The number of halogens is 1. The standard InChI is InChI=1S/C44H44FN11O4/c1-44(2,3)42-49-40(53-60-42)41(58)47-23-31-9-8-30(20-33(31)45)37-12-16-46-38-22-34(52-56(37)38)28-6-4-26(5-7-28)24-54-17-13-27(14-18-54)29-10-11-32-35(21-29)50-51-36(32)25-55-19-15-39(57)48-43(55)59/h4-12,16,20-22,27H,13-15,17-19,23-25H2,1-3H3,(H,47,58)(H,50,51)(H,48,57,59). The molecule has 6 heterocycles. The number of urea groups is 1. The van der Waals surface area contributed by atoms with Crippen LogP contribution in [0.3, 0.4) is 0 Å². The van der Waals surface area contributed by atoms with Crippen molar-refractivity contribution in [3.63, 3.8) is 0 Å². The van der Waals surface area contributed by atoms with Gasteiger partial charge in [0, 0.05) is 65.8 Å². The van der Waals surface area contributed by atoms with Gasteiger partial charge in [-0.1, -0.05) is 74.5 Å². The molecule has 3 N–H and O–H groups in total. The molecule has 0 saturated carbocycles. The number of nitrogens with one attached hydrogen (secondary N) is 3. The van der Waals surface area contributed by atoms with Gasteiger partial charge in [-0.15, -0.1) is 0 Å². The minimum Gasteiger partial charge on any atom is -0.345 e. The quantitative estimate of drug-likeness (QED) is 0.138. The van der Waals surface area contributed by atoms with Crippen molar-refractivity contribution in [2.75, 3.05) is 19.6 Å². The van der Waals surface area contributed by atoms with E-state index in [1.165, 1.54) is 17.2 Å². The molecule has 4 aromatic heterocycles. The number of amides is 4. The Balaban J connectivity index is 0.803. The van der Waals surface area contributed by atoms with E-state index in [-0.39, 0.29) is 24.3 Å². The summed E-state index contributed by atoms with van der Waals surface area (Å²) in [5, 5.41) is 22.3. The molecule has 15 nitrogen and oxygen atoms in total. The summed E-state index contributed by atoms with van der Waals surface area (Å²) in [7, 11) is 0. The minimum absolute atomic E-state index is 0.0443. The molecule has 306 valence electrons. The summed E-state index contributed by atoms with van der Waals surface area (Å²) in [6.45, 7) is 9.22. The molecule has 3 aromatic carbocycles. The molecule has 2 aliphatic heterocycles. The molecule has 4 amide bonds. The van der Waals surface area contributed by atoms with E-state index >= 15 is 4.39 Å². The fraction of sp³-hybridized carbons (Fsp3) is 0.318. The van der Waals surface area contributed by atoms with Crippen LogP contribution in [0.4, 0.5) is 9.18 Å². The summed E-state index contributed by atoms with van der Waals surface area (Å²) in [6, 6.07) is 23.1. The van der Waals surface area contributed by atoms with Crippen molar-refractivity contribution in [2.45, 2.75) is 71.0 Å². The van der Waals surface area contributed by atoms with E-state index in [2.05, 4.69) is 83.3 Å². The van der Waals surface area contributed by atoms with Crippen molar-refractivity contribution >= 4 is 34.4 Å². The second kappa shape index (κ2) is 15.7. The van der Waals surface area contributed by atoms with Crippen molar-refractivity contribution < 1.29 is 23.3 Å². The van der Waals surface area contributed by atoms with E-state index < -0.39 is 17.1 Å². The van der Waals surface area contributed by atoms with Crippen LogP contribution in [0.2, 0.25) is 0 Å². The summed E-state index contributed by atoms with van der Waals surface area (Å²) >= 11 is 0. The van der Waals surface area contributed by atoms with Gasteiger partial charge < -0.3 is 14.7 Å². The molecule has 0 unspecified atom stereocenters. The maximum atomic E-state index is 15.4. The van der Waals surface area contributed by atoms with Crippen LogP contribution < -0.4 is 10.6 Å². The number of piperidine rings is 1. The van der Waals surface area contributed by atoms with Gasteiger partial charge >= 0.3 is 6.03 Å². The van der Waals surface area contributed by atoms with Gasteiger partial charge in [-0.25, -0.2) is 18.7 Å². The predicted molar refractivity (Wildman–Crippen MR) is 220 cm³/mol.